The zero-order chi connectivity index (χ0) is 19.5. The molecule has 2 heterocycles. The summed E-state index contributed by atoms with van der Waals surface area (Å²) in [7, 11) is 0. The molecular weight excluding hydrogens is 374 g/mol. The highest BCUT2D eigenvalue weighted by molar-refractivity contribution is 6.30. The van der Waals surface area contributed by atoms with Gasteiger partial charge in [-0.1, -0.05) is 28.9 Å². The van der Waals surface area contributed by atoms with E-state index in [2.05, 4.69) is 32.7 Å². The van der Waals surface area contributed by atoms with Gasteiger partial charge in [0, 0.05) is 42.8 Å². The van der Waals surface area contributed by atoms with Crippen LogP contribution in [0.15, 0.2) is 42.5 Å². The molecule has 0 spiro atoms. The number of nitrogens with one attached hydrogen (secondary N) is 1. The minimum atomic E-state index is -0.0379. The molecule has 1 aromatic heterocycles. The van der Waals surface area contributed by atoms with Crippen LogP contribution in [0.2, 0.25) is 5.02 Å². The highest BCUT2D eigenvalue weighted by Crippen LogP contribution is 2.17. The van der Waals surface area contributed by atoms with E-state index in [-0.39, 0.29) is 11.9 Å². The fourth-order valence-corrected chi connectivity index (χ4v) is 3.83. The molecule has 3 aromatic rings. The maximum atomic E-state index is 12.6. The lowest BCUT2D eigenvalue weighted by Crippen LogP contribution is -2.44. The second-order valence-corrected chi connectivity index (χ2v) is 7.70. The van der Waals surface area contributed by atoms with Crippen molar-refractivity contribution in [1.82, 2.24) is 25.2 Å². The van der Waals surface area contributed by atoms with Gasteiger partial charge in [-0.3, -0.25) is 9.69 Å². The predicted molar refractivity (Wildman–Crippen MR) is 110 cm³/mol. The minimum Gasteiger partial charge on any atom is -0.349 e. The smallest absolute Gasteiger partial charge is 0.251 e. The van der Waals surface area contributed by atoms with E-state index in [0.717, 1.165) is 55.1 Å². The van der Waals surface area contributed by atoms with Crippen LogP contribution in [0.25, 0.3) is 11.0 Å². The van der Waals surface area contributed by atoms with Gasteiger partial charge in [-0.2, -0.15) is 0 Å². The van der Waals surface area contributed by atoms with Crippen LogP contribution in [0.1, 0.15) is 35.7 Å². The molecule has 6 nitrogen and oxygen atoms in total. The van der Waals surface area contributed by atoms with Crippen molar-refractivity contribution in [3.63, 3.8) is 0 Å². The monoisotopic (exact) mass is 397 g/mol. The fourth-order valence-electron chi connectivity index (χ4n) is 3.70. The minimum absolute atomic E-state index is 0.0379. The van der Waals surface area contributed by atoms with Crippen molar-refractivity contribution in [3.05, 3.63) is 58.6 Å². The van der Waals surface area contributed by atoms with Crippen molar-refractivity contribution in [2.75, 3.05) is 13.1 Å². The molecule has 7 heteroatoms. The van der Waals surface area contributed by atoms with Crippen LogP contribution in [0, 0.1) is 0 Å². The SMILES string of the molecule is CCn1nnc2cc(C(=O)NC3CCN(Cc4ccc(Cl)cc4)CC3)ccc21. The molecule has 146 valence electrons. The number of halogens is 1. The van der Waals surface area contributed by atoms with E-state index in [1.165, 1.54) is 5.56 Å². The number of rotatable bonds is 5. The number of amides is 1. The molecule has 0 saturated carbocycles. The second kappa shape index (κ2) is 8.29. The number of carbonyl (C=O) groups is 1. The molecule has 1 amide bonds. The molecule has 0 bridgehead atoms. The Morgan fingerprint density at radius 1 is 1.18 bits per heavy atom. The van der Waals surface area contributed by atoms with Crippen LogP contribution >= 0.6 is 11.6 Å². The van der Waals surface area contributed by atoms with Crippen LogP contribution in [-0.4, -0.2) is 44.9 Å². The molecule has 0 aliphatic carbocycles. The van der Waals surface area contributed by atoms with Crippen LogP contribution in [0.4, 0.5) is 0 Å². The largest absolute Gasteiger partial charge is 0.349 e. The molecule has 0 radical (unpaired) electrons. The molecule has 0 atom stereocenters. The summed E-state index contributed by atoms with van der Waals surface area (Å²) in [5.41, 5.74) is 3.61. The molecule has 2 aromatic carbocycles. The quantitative estimate of drug-likeness (QED) is 0.715. The first-order valence-electron chi connectivity index (χ1n) is 9.73. The number of aryl methyl sites for hydroxylation is 1. The first kappa shape index (κ1) is 18.9. The molecule has 1 saturated heterocycles. The first-order valence-corrected chi connectivity index (χ1v) is 10.1. The Morgan fingerprint density at radius 3 is 2.64 bits per heavy atom. The first-order chi connectivity index (χ1) is 13.6. The summed E-state index contributed by atoms with van der Waals surface area (Å²) in [4.78, 5) is 15.1. The molecular formula is C21H24ClN5O. The third-order valence-corrected chi connectivity index (χ3v) is 5.57. The lowest BCUT2D eigenvalue weighted by molar-refractivity contribution is 0.0909. The zero-order valence-corrected chi connectivity index (χ0v) is 16.7. The Morgan fingerprint density at radius 2 is 1.93 bits per heavy atom. The Bertz CT molecular complexity index is 961. The number of benzene rings is 2. The van der Waals surface area contributed by atoms with E-state index in [1.54, 1.807) is 0 Å². The van der Waals surface area contributed by atoms with E-state index >= 15 is 0 Å². The Hall–Kier alpha value is -2.44. The fraction of sp³-hybridized carbons (Fsp3) is 0.381. The van der Waals surface area contributed by atoms with Crippen molar-refractivity contribution in [2.24, 2.45) is 0 Å². The van der Waals surface area contributed by atoms with Gasteiger partial charge in [-0.15, -0.1) is 5.10 Å². The molecule has 28 heavy (non-hydrogen) atoms. The molecule has 1 N–H and O–H groups in total. The molecule has 1 aliphatic heterocycles. The topological polar surface area (TPSA) is 63.1 Å². The number of piperidine rings is 1. The van der Waals surface area contributed by atoms with Gasteiger partial charge in [0.25, 0.3) is 5.91 Å². The van der Waals surface area contributed by atoms with Gasteiger partial charge >= 0.3 is 0 Å². The summed E-state index contributed by atoms with van der Waals surface area (Å²) in [6.45, 7) is 5.64. The zero-order valence-electron chi connectivity index (χ0n) is 15.9. The number of hydrogen-bond donors (Lipinski definition) is 1. The van der Waals surface area contributed by atoms with Crippen LogP contribution in [-0.2, 0) is 13.1 Å². The van der Waals surface area contributed by atoms with Crippen molar-refractivity contribution < 1.29 is 4.79 Å². The van der Waals surface area contributed by atoms with Crippen molar-refractivity contribution in [1.29, 1.82) is 0 Å². The number of aromatic nitrogens is 3. The molecule has 4 rings (SSSR count). The Balaban J connectivity index is 1.31. The summed E-state index contributed by atoms with van der Waals surface area (Å²) in [5.74, 6) is -0.0379. The lowest BCUT2D eigenvalue weighted by atomic mass is 10.0. The van der Waals surface area contributed by atoms with E-state index in [0.29, 0.717) is 5.56 Å². The Kier molecular flexibility index (Phi) is 5.59. The summed E-state index contributed by atoms with van der Waals surface area (Å²) in [6, 6.07) is 13.8. The number of carbonyl (C=O) groups excluding carboxylic acids is 1. The average Bonchev–Trinajstić information content (AvgIpc) is 3.13. The van der Waals surface area contributed by atoms with Gasteiger partial charge < -0.3 is 5.32 Å². The molecule has 0 unspecified atom stereocenters. The maximum Gasteiger partial charge on any atom is 0.251 e. The maximum absolute atomic E-state index is 12.6. The summed E-state index contributed by atoms with van der Waals surface area (Å²) in [5, 5.41) is 12.2. The van der Waals surface area contributed by atoms with Crippen molar-refractivity contribution in [2.45, 2.75) is 38.9 Å². The highest BCUT2D eigenvalue weighted by atomic mass is 35.5. The molecule has 1 aliphatic rings. The lowest BCUT2D eigenvalue weighted by Gasteiger charge is -2.32. The number of hydrogen-bond acceptors (Lipinski definition) is 4. The van der Waals surface area contributed by atoms with Gasteiger partial charge in [0.2, 0.25) is 0 Å². The van der Waals surface area contributed by atoms with E-state index in [4.69, 9.17) is 11.6 Å². The third-order valence-electron chi connectivity index (χ3n) is 5.32. The summed E-state index contributed by atoms with van der Waals surface area (Å²) in [6.07, 6.45) is 1.90. The van der Waals surface area contributed by atoms with Crippen LogP contribution in [0.5, 0.6) is 0 Å². The average molecular weight is 398 g/mol. The number of likely N-dealkylation sites (tertiary alicyclic amines) is 1. The normalized spacial score (nSPS) is 15.8. The van der Waals surface area contributed by atoms with Crippen LogP contribution in [0.3, 0.4) is 0 Å². The van der Waals surface area contributed by atoms with Gasteiger partial charge in [-0.05, 0) is 55.7 Å². The summed E-state index contributed by atoms with van der Waals surface area (Å²) >= 11 is 5.95. The Labute approximate surface area is 169 Å². The predicted octanol–water partition coefficient (Wildman–Crippen LogP) is 3.50. The van der Waals surface area contributed by atoms with Gasteiger partial charge in [0.05, 0.1) is 5.52 Å². The van der Waals surface area contributed by atoms with Crippen LogP contribution < -0.4 is 5.32 Å². The van der Waals surface area contributed by atoms with Crippen molar-refractivity contribution >= 4 is 28.5 Å². The number of fused-ring (bicyclic) bond motifs is 1. The third kappa shape index (κ3) is 4.18. The second-order valence-electron chi connectivity index (χ2n) is 7.26. The van der Waals surface area contributed by atoms with E-state index in [1.807, 2.05) is 41.9 Å². The van der Waals surface area contributed by atoms with E-state index in [9.17, 15) is 4.79 Å². The van der Waals surface area contributed by atoms with Gasteiger partial charge in [0.15, 0.2) is 0 Å². The summed E-state index contributed by atoms with van der Waals surface area (Å²) < 4.78 is 1.83. The standard InChI is InChI=1S/C21H24ClN5O/c1-2-27-20-8-5-16(13-19(20)24-25-27)21(28)23-18-9-11-26(12-10-18)14-15-3-6-17(22)7-4-15/h3-8,13,18H,2,9-12,14H2,1H3,(H,23,28). The number of nitrogens with zero attached hydrogens (tertiary/aromatic N) is 4. The van der Waals surface area contributed by atoms with E-state index < -0.39 is 0 Å². The van der Waals surface area contributed by atoms with Gasteiger partial charge in [0.1, 0.15) is 5.52 Å². The highest BCUT2D eigenvalue weighted by Gasteiger charge is 2.21. The molecule has 1 fully saturated rings. The van der Waals surface area contributed by atoms with Crippen molar-refractivity contribution in [3.8, 4) is 0 Å². The van der Waals surface area contributed by atoms with Gasteiger partial charge in [-0.25, -0.2) is 4.68 Å².